The summed E-state index contributed by atoms with van der Waals surface area (Å²) in [6, 6.07) is 1.85. The largest absolute Gasteiger partial charge is 0.346 e. The number of hydrogen-bond acceptors (Lipinski definition) is 5. The van der Waals surface area contributed by atoms with Gasteiger partial charge in [-0.25, -0.2) is 4.98 Å². The first kappa shape index (κ1) is 14.7. The highest BCUT2D eigenvalue weighted by molar-refractivity contribution is 7.14. The fourth-order valence-corrected chi connectivity index (χ4v) is 3.17. The van der Waals surface area contributed by atoms with E-state index >= 15 is 0 Å². The third-order valence-corrected chi connectivity index (χ3v) is 4.52. The second-order valence-electron chi connectivity index (χ2n) is 4.17. The maximum atomic E-state index is 12.1. The van der Waals surface area contributed by atoms with Crippen LogP contribution in [-0.4, -0.2) is 17.4 Å². The number of amides is 1. The lowest BCUT2D eigenvalue weighted by Crippen LogP contribution is -2.21. The minimum atomic E-state index is -0.0930. The lowest BCUT2D eigenvalue weighted by atomic mass is 10.2. The number of aryl methyl sites for hydroxylation is 2. The second-order valence-corrected chi connectivity index (χ2v) is 6.28. The average Bonchev–Trinajstić information content (AvgIpc) is 3.00. The van der Waals surface area contributed by atoms with Crippen LogP contribution in [0.4, 0.5) is 0 Å². The van der Waals surface area contributed by atoms with Crippen LogP contribution in [-0.2, 0) is 6.54 Å². The van der Waals surface area contributed by atoms with E-state index in [1.807, 2.05) is 25.3 Å². The molecule has 20 heavy (non-hydrogen) atoms. The Kier molecular flexibility index (Phi) is 4.90. The van der Waals surface area contributed by atoms with Crippen LogP contribution in [0, 0.1) is 25.7 Å². The van der Waals surface area contributed by atoms with Crippen molar-refractivity contribution < 1.29 is 4.79 Å². The van der Waals surface area contributed by atoms with Crippen LogP contribution in [0.3, 0.4) is 0 Å². The van der Waals surface area contributed by atoms with Gasteiger partial charge in [0.1, 0.15) is 0 Å². The molecule has 6 heteroatoms. The van der Waals surface area contributed by atoms with Crippen molar-refractivity contribution in [2.24, 2.45) is 5.73 Å². The van der Waals surface area contributed by atoms with Crippen LogP contribution in [0.5, 0.6) is 0 Å². The van der Waals surface area contributed by atoms with E-state index in [2.05, 4.69) is 22.1 Å². The zero-order valence-corrected chi connectivity index (χ0v) is 13.0. The van der Waals surface area contributed by atoms with E-state index in [1.54, 1.807) is 11.3 Å². The molecule has 2 aromatic heterocycles. The third kappa shape index (κ3) is 3.67. The number of hydrogen-bond donors (Lipinski definition) is 2. The number of nitrogens with two attached hydrogens (primary N) is 1. The Balaban J connectivity index is 2.02. The van der Waals surface area contributed by atoms with Crippen LogP contribution in [0.1, 0.15) is 30.8 Å². The van der Waals surface area contributed by atoms with Crippen molar-refractivity contribution in [1.29, 1.82) is 0 Å². The molecule has 0 aromatic carbocycles. The normalized spacial score (nSPS) is 9.95. The van der Waals surface area contributed by atoms with Crippen molar-refractivity contribution in [2.45, 2.75) is 20.4 Å². The van der Waals surface area contributed by atoms with E-state index in [1.165, 1.54) is 11.3 Å². The first-order valence-corrected chi connectivity index (χ1v) is 7.78. The van der Waals surface area contributed by atoms with E-state index in [0.29, 0.717) is 18.0 Å². The van der Waals surface area contributed by atoms with Crippen LogP contribution in [0.2, 0.25) is 0 Å². The Hall–Kier alpha value is -1.68. The van der Waals surface area contributed by atoms with Crippen LogP contribution in [0.25, 0.3) is 0 Å². The molecule has 2 aromatic rings. The van der Waals surface area contributed by atoms with Gasteiger partial charge < -0.3 is 11.1 Å². The summed E-state index contributed by atoms with van der Waals surface area (Å²) in [5, 5.41) is 5.82. The van der Waals surface area contributed by atoms with E-state index in [9.17, 15) is 4.79 Å². The predicted molar refractivity (Wildman–Crippen MR) is 83.0 cm³/mol. The fourth-order valence-electron chi connectivity index (χ4n) is 1.60. The zero-order valence-electron chi connectivity index (χ0n) is 11.3. The summed E-state index contributed by atoms with van der Waals surface area (Å²) in [4.78, 5) is 17.9. The highest BCUT2D eigenvalue weighted by Crippen LogP contribution is 2.21. The maximum absolute atomic E-state index is 12.1. The number of aromatic nitrogens is 1. The van der Waals surface area contributed by atoms with Crippen LogP contribution in [0.15, 0.2) is 11.4 Å². The van der Waals surface area contributed by atoms with Gasteiger partial charge in [0, 0.05) is 5.38 Å². The molecule has 0 atom stereocenters. The van der Waals surface area contributed by atoms with Crippen LogP contribution >= 0.6 is 22.7 Å². The zero-order chi connectivity index (χ0) is 14.5. The van der Waals surface area contributed by atoms with E-state index in [-0.39, 0.29) is 5.91 Å². The summed E-state index contributed by atoms with van der Waals surface area (Å²) < 4.78 is 0. The smallest absolute Gasteiger partial charge is 0.261 e. The molecule has 2 rings (SSSR count). The van der Waals surface area contributed by atoms with E-state index in [4.69, 9.17) is 5.73 Å². The van der Waals surface area contributed by atoms with E-state index < -0.39 is 0 Å². The second kappa shape index (κ2) is 6.66. The minimum absolute atomic E-state index is 0.0930. The summed E-state index contributed by atoms with van der Waals surface area (Å²) >= 11 is 2.97. The van der Waals surface area contributed by atoms with Gasteiger partial charge >= 0.3 is 0 Å². The lowest BCUT2D eigenvalue weighted by Gasteiger charge is -2.00. The van der Waals surface area contributed by atoms with E-state index in [0.717, 1.165) is 21.1 Å². The maximum Gasteiger partial charge on any atom is 0.261 e. The van der Waals surface area contributed by atoms with Gasteiger partial charge in [0.05, 0.1) is 33.5 Å². The van der Waals surface area contributed by atoms with Crippen molar-refractivity contribution in [2.75, 3.05) is 6.54 Å². The molecule has 0 radical (unpaired) electrons. The van der Waals surface area contributed by atoms with Gasteiger partial charge in [0.2, 0.25) is 0 Å². The van der Waals surface area contributed by atoms with Crippen molar-refractivity contribution in [3.8, 4) is 11.8 Å². The van der Waals surface area contributed by atoms with Gasteiger partial charge in [0.15, 0.2) is 0 Å². The van der Waals surface area contributed by atoms with Gasteiger partial charge in [-0.05, 0) is 25.5 Å². The molecule has 0 aliphatic carbocycles. The standard InChI is InChI=1S/C14H15N3OS2/c1-9-6-13(20-12(9)4-3-5-15)14(18)16-7-11-8-19-10(2)17-11/h6,8H,5,7,15H2,1-2H3,(H,16,18). The monoisotopic (exact) mass is 305 g/mol. The topological polar surface area (TPSA) is 68.0 Å². The van der Waals surface area contributed by atoms with Gasteiger partial charge in [-0.3, -0.25) is 4.79 Å². The lowest BCUT2D eigenvalue weighted by molar-refractivity contribution is 0.0954. The van der Waals surface area contributed by atoms with Crippen molar-refractivity contribution >= 4 is 28.6 Å². The number of thiazole rings is 1. The van der Waals surface area contributed by atoms with Crippen molar-refractivity contribution in [1.82, 2.24) is 10.3 Å². The Morgan fingerprint density at radius 3 is 2.95 bits per heavy atom. The summed E-state index contributed by atoms with van der Waals surface area (Å²) in [5.74, 6) is 5.69. The fraction of sp³-hybridized carbons (Fsp3) is 0.286. The average molecular weight is 305 g/mol. The summed E-state index contributed by atoms with van der Waals surface area (Å²) in [6.45, 7) is 4.66. The number of rotatable bonds is 3. The van der Waals surface area contributed by atoms with Crippen LogP contribution < -0.4 is 11.1 Å². The molecular weight excluding hydrogens is 290 g/mol. The minimum Gasteiger partial charge on any atom is -0.346 e. The van der Waals surface area contributed by atoms with Crippen molar-refractivity contribution in [3.05, 3.63) is 37.5 Å². The summed E-state index contributed by atoms with van der Waals surface area (Å²) in [6.07, 6.45) is 0. The first-order valence-electron chi connectivity index (χ1n) is 6.08. The quantitative estimate of drug-likeness (QED) is 0.853. The Bertz CT molecular complexity index is 676. The molecule has 104 valence electrons. The SMILES string of the molecule is Cc1nc(CNC(=O)c2cc(C)c(C#CCN)s2)cs1. The Morgan fingerprint density at radius 1 is 1.50 bits per heavy atom. The molecule has 1 amide bonds. The molecule has 0 bridgehead atoms. The molecular formula is C14H15N3OS2. The van der Waals surface area contributed by atoms with Gasteiger partial charge in [-0.1, -0.05) is 11.8 Å². The number of nitrogens with zero attached hydrogens (tertiary/aromatic N) is 1. The van der Waals surface area contributed by atoms with Gasteiger partial charge in [-0.15, -0.1) is 22.7 Å². The molecule has 4 nitrogen and oxygen atoms in total. The molecule has 0 saturated carbocycles. The van der Waals surface area contributed by atoms with Gasteiger partial charge in [-0.2, -0.15) is 0 Å². The number of carbonyl (C=O) groups is 1. The molecule has 0 unspecified atom stereocenters. The molecule has 0 aliphatic rings. The van der Waals surface area contributed by atoms with Crippen molar-refractivity contribution in [3.63, 3.8) is 0 Å². The Morgan fingerprint density at radius 2 is 2.30 bits per heavy atom. The highest BCUT2D eigenvalue weighted by Gasteiger charge is 2.11. The highest BCUT2D eigenvalue weighted by atomic mass is 32.1. The molecule has 2 heterocycles. The molecule has 0 spiro atoms. The molecule has 3 N–H and O–H groups in total. The predicted octanol–water partition coefficient (Wildman–Crippen LogP) is 2.06. The first-order chi connectivity index (χ1) is 9.60. The number of nitrogens with one attached hydrogen (secondary N) is 1. The molecule has 0 saturated heterocycles. The molecule has 0 fully saturated rings. The third-order valence-electron chi connectivity index (χ3n) is 2.54. The summed E-state index contributed by atoms with van der Waals surface area (Å²) in [7, 11) is 0. The van der Waals surface area contributed by atoms with Gasteiger partial charge in [0.25, 0.3) is 5.91 Å². The Labute approximate surface area is 126 Å². The number of thiophene rings is 1. The molecule has 0 aliphatic heterocycles. The number of carbonyl (C=O) groups excluding carboxylic acids is 1. The summed E-state index contributed by atoms with van der Waals surface area (Å²) in [5.41, 5.74) is 7.24.